The number of nitrogens with one attached hydrogen (secondary N) is 1. The van der Waals surface area contributed by atoms with Crippen LogP contribution in [0.2, 0.25) is 0 Å². The molecule has 4 heterocycles. The summed E-state index contributed by atoms with van der Waals surface area (Å²) in [6.45, 7) is 10.4. The molecule has 1 N–H and O–H groups in total. The molecule has 0 spiro atoms. The van der Waals surface area contributed by atoms with Gasteiger partial charge in [0.15, 0.2) is 5.82 Å². The first-order valence-corrected chi connectivity index (χ1v) is 9.56. The minimum atomic E-state index is 0.0117. The van der Waals surface area contributed by atoms with Crippen molar-refractivity contribution in [2.24, 2.45) is 0 Å². The van der Waals surface area contributed by atoms with Gasteiger partial charge in [-0.15, -0.1) is 0 Å². The lowest BCUT2D eigenvalue weighted by atomic mass is 9.92. The highest BCUT2D eigenvalue weighted by Crippen LogP contribution is 2.28. The molecule has 27 heavy (non-hydrogen) atoms. The first kappa shape index (κ1) is 17.7. The summed E-state index contributed by atoms with van der Waals surface area (Å²) in [5.41, 5.74) is 3.13. The van der Waals surface area contributed by atoms with E-state index in [4.69, 9.17) is 5.10 Å². The summed E-state index contributed by atoms with van der Waals surface area (Å²) < 4.78 is 1.95. The van der Waals surface area contributed by atoms with E-state index in [1.54, 1.807) is 6.20 Å². The SMILES string of the molecule is Cc1ccnc(NC2CCCN(c3nccn4nc(C(C)(C)C)cc34)C2)n1. The summed E-state index contributed by atoms with van der Waals surface area (Å²) in [5, 5.41) is 8.24. The molecule has 1 unspecified atom stereocenters. The molecule has 7 heteroatoms. The third kappa shape index (κ3) is 3.72. The van der Waals surface area contributed by atoms with Gasteiger partial charge < -0.3 is 10.2 Å². The molecule has 142 valence electrons. The van der Waals surface area contributed by atoms with E-state index in [0.29, 0.717) is 12.0 Å². The predicted molar refractivity (Wildman–Crippen MR) is 107 cm³/mol. The van der Waals surface area contributed by atoms with Crippen LogP contribution in [0.15, 0.2) is 30.7 Å². The summed E-state index contributed by atoms with van der Waals surface area (Å²) in [7, 11) is 0. The van der Waals surface area contributed by atoms with Crippen LogP contribution in [0.25, 0.3) is 5.52 Å². The van der Waals surface area contributed by atoms with E-state index >= 15 is 0 Å². The van der Waals surface area contributed by atoms with Gasteiger partial charge in [0.25, 0.3) is 0 Å². The molecule has 7 nitrogen and oxygen atoms in total. The molecule has 3 aromatic heterocycles. The van der Waals surface area contributed by atoms with Gasteiger partial charge >= 0.3 is 0 Å². The van der Waals surface area contributed by atoms with Crippen molar-refractivity contribution in [3.8, 4) is 0 Å². The molecule has 0 radical (unpaired) electrons. The molecule has 1 fully saturated rings. The molecule has 4 rings (SSSR count). The van der Waals surface area contributed by atoms with Crippen LogP contribution in [-0.4, -0.2) is 43.7 Å². The van der Waals surface area contributed by atoms with E-state index in [0.717, 1.165) is 48.7 Å². The van der Waals surface area contributed by atoms with Crippen molar-refractivity contribution in [1.82, 2.24) is 24.6 Å². The minimum Gasteiger partial charge on any atom is -0.353 e. The fourth-order valence-corrected chi connectivity index (χ4v) is 3.51. The predicted octanol–water partition coefficient (Wildman–Crippen LogP) is 3.21. The maximum Gasteiger partial charge on any atom is 0.223 e. The smallest absolute Gasteiger partial charge is 0.223 e. The largest absolute Gasteiger partial charge is 0.353 e. The Morgan fingerprint density at radius 1 is 1.19 bits per heavy atom. The van der Waals surface area contributed by atoms with Gasteiger partial charge in [-0.05, 0) is 31.9 Å². The Balaban J connectivity index is 1.58. The van der Waals surface area contributed by atoms with E-state index in [-0.39, 0.29) is 5.41 Å². The lowest BCUT2D eigenvalue weighted by molar-refractivity contribution is 0.524. The molecule has 0 saturated carbocycles. The number of aromatic nitrogens is 5. The second-order valence-electron chi connectivity index (χ2n) is 8.31. The molecule has 0 bridgehead atoms. The molecular formula is C20H27N7. The number of aryl methyl sites for hydroxylation is 1. The number of rotatable bonds is 3. The average molecular weight is 365 g/mol. The van der Waals surface area contributed by atoms with Gasteiger partial charge in [-0.3, -0.25) is 0 Å². The molecule has 1 saturated heterocycles. The van der Waals surface area contributed by atoms with E-state index in [2.05, 4.69) is 52.0 Å². The lowest BCUT2D eigenvalue weighted by Crippen LogP contribution is -2.43. The average Bonchev–Trinajstić information content (AvgIpc) is 3.07. The lowest BCUT2D eigenvalue weighted by Gasteiger charge is -2.34. The normalized spacial score (nSPS) is 18.1. The Morgan fingerprint density at radius 3 is 2.81 bits per heavy atom. The molecule has 0 aromatic carbocycles. The van der Waals surface area contributed by atoms with Gasteiger partial charge in [0.05, 0.1) is 5.69 Å². The molecule has 1 atom stereocenters. The van der Waals surface area contributed by atoms with E-state index < -0.39 is 0 Å². The maximum atomic E-state index is 4.75. The fourth-order valence-electron chi connectivity index (χ4n) is 3.51. The zero-order valence-electron chi connectivity index (χ0n) is 16.5. The minimum absolute atomic E-state index is 0.0117. The Labute approximate surface area is 159 Å². The quantitative estimate of drug-likeness (QED) is 0.768. The fraction of sp³-hybridized carbons (Fsp3) is 0.500. The second kappa shape index (κ2) is 6.79. The third-order valence-corrected chi connectivity index (χ3v) is 4.99. The van der Waals surface area contributed by atoms with Crippen LogP contribution >= 0.6 is 0 Å². The molecule has 1 aliphatic rings. The van der Waals surface area contributed by atoms with Crippen molar-refractivity contribution in [2.45, 2.75) is 52.0 Å². The number of nitrogens with zero attached hydrogens (tertiary/aromatic N) is 6. The molecule has 0 amide bonds. The summed E-state index contributed by atoms with van der Waals surface area (Å²) in [6.07, 6.45) is 7.76. The Bertz CT molecular complexity index is 941. The van der Waals surface area contributed by atoms with Gasteiger partial charge in [-0.1, -0.05) is 20.8 Å². The van der Waals surface area contributed by atoms with Crippen molar-refractivity contribution in [3.05, 3.63) is 42.1 Å². The van der Waals surface area contributed by atoms with Crippen molar-refractivity contribution in [2.75, 3.05) is 23.3 Å². The Kier molecular flexibility index (Phi) is 4.45. The summed E-state index contributed by atoms with van der Waals surface area (Å²) in [4.78, 5) is 15.9. The van der Waals surface area contributed by atoms with Gasteiger partial charge in [0.2, 0.25) is 5.95 Å². The Hall–Kier alpha value is -2.70. The molecular weight excluding hydrogens is 338 g/mol. The third-order valence-electron chi connectivity index (χ3n) is 4.99. The highest BCUT2D eigenvalue weighted by Gasteiger charge is 2.25. The van der Waals surface area contributed by atoms with Crippen LogP contribution in [0.3, 0.4) is 0 Å². The van der Waals surface area contributed by atoms with Crippen molar-refractivity contribution in [1.29, 1.82) is 0 Å². The van der Waals surface area contributed by atoms with Crippen LogP contribution in [0, 0.1) is 6.92 Å². The monoisotopic (exact) mass is 365 g/mol. The summed E-state index contributed by atoms with van der Waals surface area (Å²) >= 11 is 0. The molecule has 0 aliphatic carbocycles. The first-order valence-electron chi connectivity index (χ1n) is 9.56. The number of hydrogen-bond donors (Lipinski definition) is 1. The van der Waals surface area contributed by atoms with E-state index in [1.165, 1.54) is 0 Å². The highest BCUT2D eigenvalue weighted by atomic mass is 15.3. The zero-order valence-corrected chi connectivity index (χ0v) is 16.5. The van der Waals surface area contributed by atoms with Crippen LogP contribution in [-0.2, 0) is 5.41 Å². The first-order chi connectivity index (χ1) is 12.9. The van der Waals surface area contributed by atoms with E-state index in [1.807, 2.05) is 29.9 Å². The summed E-state index contributed by atoms with van der Waals surface area (Å²) in [5.74, 6) is 1.70. The van der Waals surface area contributed by atoms with Gasteiger partial charge in [-0.2, -0.15) is 5.10 Å². The van der Waals surface area contributed by atoms with Gasteiger partial charge in [0, 0.05) is 48.8 Å². The van der Waals surface area contributed by atoms with Crippen molar-refractivity contribution < 1.29 is 0 Å². The Morgan fingerprint density at radius 2 is 2.04 bits per heavy atom. The number of anilines is 2. The van der Waals surface area contributed by atoms with Crippen molar-refractivity contribution >= 4 is 17.3 Å². The maximum absolute atomic E-state index is 4.75. The van der Waals surface area contributed by atoms with Crippen LogP contribution in [0.4, 0.5) is 11.8 Å². The number of hydrogen-bond acceptors (Lipinski definition) is 6. The highest BCUT2D eigenvalue weighted by molar-refractivity contribution is 5.69. The molecule has 3 aromatic rings. The van der Waals surface area contributed by atoms with Crippen LogP contribution < -0.4 is 10.2 Å². The van der Waals surface area contributed by atoms with Crippen LogP contribution in [0.1, 0.15) is 45.0 Å². The number of piperidine rings is 1. The zero-order chi connectivity index (χ0) is 19.0. The standard InChI is InChI=1S/C20H27N7/c1-14-7-8-22-19(23-14)24-15-6-5-10-26(13-15)18-16-12-17(20(2,3)4)25-27(16)11-9-21-18/h7-9,11-12,15H,5-6,10,13H2,1-4H3,(H,22,23,24). The molecule has 1 aliphatic heterocycles. The van der Waals surface area contributed by atoms with Gasteiger partial charge in [0.1, 0.15) is 5.52 Å². The second-order valence-corrected chi connectivity index (χ2v) is 8.31. The number of fused-ring (bicyclic) bond motifs is 1. The summed E-state index contributed by atoms with van der Waals surface area (Å²) in [6, 6.07) is 4.38. The topological polar surface area (TPSA) is 71.2 Å². The van der Waals surface area contributed by atoms with Gasteiger partial charge in [-0.25, -0.2) is 19.5 Å². The van der Waals surface area contributed by atoms with Crippen LogP contribution in [0.5, 0.6) is 0 Å². The van der Waals surface area contributed by atoms with E-state index in [9.17, 15) is 0 Å². The van der Waals surface area contributed by atoms with Crippen molar-refractivity contribution in [3.63, 3.8) is 0 Å².